The van der Waals surface area contributed by atoms with E-state index in [2.05, 4.69) is 10.4 Å². The highest BCUT2D eigenvalue weighted by molar-refractivity contribution is 5.94. The predicted octanol–water partition coefficient (Wildman–Crippen LogP) is 3.51. The highest BCUT2D eigenvalue weighted by atomic mass is 19.1. The van der Waals surface area contributed by atoms with Crippen LogP contribution in [0.1, 0.15) is 28.9 Å². The zero-order valence-corrected chi connectivity index (χ0v) is 13.9. The zero-order valence-electron chi connectivity index (χ0n) is 13.9. The molecule has 6 heteroatoms. The maximum atomic E-state index is 13.8. The average molecular weight is 339 g/mol. The van der Waals surface area contributed by atoms with Gasteiger partial charge in [0.1, 0.15) is 0 Å². The predicted molar refractivity (Wildman–Crippen MR) is 92.4 cm³/mol. The van der Waals surface area contributed by atoms with E-state index >= 15 is 0 Å². The molecule has 0 fully saturated rings. The van der Waals surface area contributed by atoms with E-state index in [0.717, 1.165) is 5.69 Å². The Labute approximate surface area is 145 Å². The minimum absolute atomic E-state index is 0.177. The molecular weight excluding hydrogens is 321 g/mol. The quantitative estimate of drug-likeness (QED) is 0.774. The molecule has 1 N–H and O–H groups in total. The van der Waals surface area contributed by atoms with E-state index in [1.54, 1.807) is 42.1 Å². The summed E-state index contributed by atoms with van der Waals surface area (Å²) in [6, 6.07) is 13.2. The molecule has 0 aliphatic heterocycles. The van der Waals surface area contributed by atoms with Crippen LogP contribution in [0.15, 0.2) is 60.9 Å². The Morgan fingerprint density at radius 2 is 2.00 bits per heavy atom. The number of halogens is 1. The van der Waals surface area contributed by atoms with Crippen molar-refractivity contribution in [2.75, 3.05) is 7.11 Å². The number of aromatic nitrogens is 2. The summed E-state index contributed by atoms with van der Waals surface area (Å²) in [5.74, 6) is -0.503. The normalized spacial score (nSPS) is 11.8. The minimum atomic E-state index is -0.454. The molecule has 1 aromatic heterocycles. The fraction of sp³-hybridized carbons (Fsp3) is 0.158. The number of nitrogens with zero attached hydrogens (tertiary/aromatic N) is 2. The van der Waals surface area contributed by atoms with Crippen molar-refractivity contribution in [1.82, 2.24) is 15.1 Å². The Kier molecular flexibility index (Phi) is 4.79. The van der Waals surface area contributed by atoms with Gasteiger partial charge in [0.15, 0.2) is 11.6 Å². The van der Waals surface area contributed by atoms with Crippen LogP contribution in [0.25, 0.3) is 5.69 Å². The summed E-state index contributed by atoms with van der Waals surface area (Å²) >= 11 is 0. The van der Waals surface area contributed by atoms with Gasteiger partial charge in [-0.3, -0.25) is 4.79 Å². The molecule has 5 nitrogen and oxygen atoms in total. The van der Waals surface area contributed by atoms with Crippen LogP contribution < -0.4 is 10.1 Å². The number of ether oxygens (including phenoxy) is 1. The first-order chi connectivity index (χ1) is 12.1. The molecule has 128 valence electrons. The second-order valence-electron chi connectivity index (χ2n) is 5.59. The van der Waals surface area contributed by atoms with Gasteiger partial charge >= 0.3 is 0 Å². The maximum Gasteiger partial charge on any atom is 0.251 e. The Morgan fingerprint density at radius 3 is 2.60 bits per heavy atom. The Bertz CT molecular complexity index is 861. The zero-order chi connectivity index (χ0) is 17.8. The molecule has 3 aromatic rings. The first-order valence-corrected chi connectivity index (χ1v) is 7.83. The van der Waals surface area contributed by atoms with E-state index in [4.69, 9.17) is 4.74 Å². The van der Waals surface area contributed by atoms with Crippen LogP contribution in [0.3, 0.4) is 0 Å². The first-order valence-electron chi connectivity index (χ1n) is 7.83. The molecule has 25 heavy (non-hydrogen) atoms. The standard InChI is InChI=1S/C19H18FN3O2/c1-13(15-6-9-18(25-2)17(20)12-15)22-19(24)14-4-7-16(8-5-14)23-11-3-10-21-23/h3-13H,1-2H3,(H,22,24)/t13-/m1/s1. The molecule has 0 saturated carbocycles. The van der Waals surface area contributed by atoms with Crippen LogP contribution in [0, 0.1) is 5.82 Å². The smallest absolute Gasteiger partial charge is 0.251 e. The molecule has 3 rings (SSSR count). The van der Waals surface area contributed by atoms with Crippen molar-refractivity contribution in [1.29, 1.82) is 0 Å². The van der Waals surface area contributed by atoms with Gasteiger partial charge in [0, 0.05) is 18.0 Å². The number of amides is 1. The summed E-state index contributed by atoms with van der Waals surface area (Å²) < 4.78 is 20.4. The van der Waals surface area contributed by atoms with Crippen molar-refractivity contribution < 1.29 is 13.9 Å². The van der Waals surface area contributed by atoms with Crippen LogP contribution in [0.4, 0.5) is 4.39 Å². The van der Waals surface area contributed by atoms with E-state index < -0.39 is 5.82 Å². The number of benzene rings is 2. The molecule has 1 heterocycles. The highest BCUT2D eigenvalue weighted by Gasteiger charge is 2.13. The summed E-state index contributed by atoms with van der Waals surface area (Å²) in [5.41, 5.74) is 2.06. The molecule has 1 amide bonds. The van der Waals surface area contributed by atoms with Gasteiger partial charge in [-0.2, -0.15) is 5.10 Å². The molecule has 2 aromatic carbocycles. The molecule has 0 bridgehead atoms. The largest absolute Gasteiger partial charge is 0.494 e. The van der Waals surface area contributed by atoms with Crippen molar-refractivity contribution >= 4 is 5.91 Å². The summed E-state index contributed by atoms with van der Waals surface area (Å²) in [6.45, 7) is 1.80. The molecule has 0 radical (unpaired) electrons. The molecule has 0 spiro atoms. The van der Waals surface area contributed by atoms with Gasteiger partial charge in [-0.15, -0.1) is 0 Å². The molecule has 1 atom stereocenters. The lowest BCUT2D eigenvalue weighted by molar-refractivity contribution is 0.0940. The number of nitrogens with one attached hydrogen (secondary N) is 1. The van der Waals surface area contributed by atoms with Crippen LogP contribution >= 0.6 is 0 Å². The van der Waals surface area contributed by atoms with Crippen molar-refractivity contribution in [2.24, 2.45) is 0 Å². The van der Waals surface area contributed by atoms with Crippen LogP contribution in [0.2, 0.25) is 0 Å². The van der Waals surface area contributed by atoms with E-state index in [-0.39, 0.29) is 17.7 Å². The Morgan fingerprint density at radius 1 is 1.24 bits per heavy atom. The van der Waals surface area contributed by atoms with Crippen molar-refractivity contribution in [2.45, 2.75) is 13.0 Å². The van der Waals surface area contributed by atoms with Crippen molar-refractivity contribution in [3.8, 4) is 11.4 Å². The van der Waals surface area contributed by atoms with E-state index in [9.17, 15) is 9.18 Å². The number of hydrogen-bond acceptors (Lipinski definition) is 3. The number of hydrogen-bond donors (Lipinski definition) is 1. The topological polar surface area (TPSA) is 56.1 Å². The van der Waals surface area contributed by atoms with Gasteiger partial charge in [0.05, 0.1) is 18.8 Å². The lowest BCUT2D eigenvalue weighted by Gasteiger charge is -2.15. The number of carbonyl (C=O) groups is 1. The van der Waals surface area contributed by atoms with E-state index in [1.165, 1.54) is 13.2 Å². The summed E-state index contributed by atoms with van der Waals surface area (Å²) in [7, 11) is 1.41. The number of methoxy groups -OCH3 is 1. The van der Waals surface area contributed by atoms with E-state index in [0.29, 0.717) is 11.1 Å². The summed E-state index contributed by atoms with van der Waals surface area (Å²) in [6.07, 6.45) is 3.52. The summed E-state index contributed by atoms with van der Waals surface area (Å²) in [5, 5.41) is 7.00. The second kappa shape index (κ2) is 7.17. The molecule has 0 aliphatic rings. The van der Waals surface area contributed by atoms with Gasteiger partial charge in [0.25, 0.3) is 5.91 Å². The first kappa shape index (κ1) is 16.7. The van der Waals surface area contributed by atoms with Crippen LogP contribution in [0.5, 0.6) is 5.75 Å². The maximum absolute atomic E-state index is 13.8. The van der Waals surface area contributed by atoms with Crippen molar-refractivity contribution in [3.05, 3.63) is 77.9 Å². The lowest BCUT2D eigenvalue weighted by Crippen LogP contribution is -2.26. The fourth-order valence-electron chi connectivity index (χ4n) is 2.50. The molecular formula is C19H18FN3O2. The Balaban J connectivity index is 1.70. The van der Waals surface area contributed by atoms with Crippen LogP contribution in [-0.4, -0.2) is 22.8 Å². The van der Waals surface area contributed by atoms with Gasteiger partial charge in [-0.05, 0) is 55.0 Å². The average Bonchev–Trinajstić information content (AvgIpc) is 3.16. The molecule has 0 unspecified atom stereocenters. The highest BCUT2D eigenvalue weighted by Crippen LogP contribution is 2.22. The van der Waals surface area contributed by atoms with Gasteiger partial charge in [-0.1, -0.05) is 6.07 Å². The Hall–Kier alpha value is -3.15. The lowest BCUT2D eigenvalue weighted by atomic mass is 10.1. The third-order valence-electron chi connectivity index (χ3n) is 3.92. The third-order valence-corrected chi connectivity index (χ3v) is 3.92. The van der Waals surface area contributed by atoms with Crippen molar-refractivity contribution in [3.63, 3.8) is 0 Å². The SMILES string of the molecule is COc1ccc([C@@H](C)NC(=O)c2ccc(-n3cccn3)cc2)cc1F. The summed E-state index contributed by atoms with van der Waals surface area (Å²) in [4.78, 5) is 12.4. The van der Waals surface area contributed by atoms with Gasteiger partial charge < -0.3 is 10.1 Å². The minimum Gasteiger partial charge on any atom is -0.494 e. The van der Waals surface area contributed by atoms with Crippen LogP contribution in [-0.2, 0) is 0 Å². The number of carbonyl (C=O) groups excluding carboxylic acids is 1. The van der Waals surface area contributed by atoms with Gasteiger partial charge in [-0.25, -0.2) is 9.07 Å². The second-order valence-corrected chi connectivity index (χ2v) is 5.59. The fourth-order valence-corrected chi connectivity index (χ4v) is 2.50. The number of rotatable bonds is 5. The third kappa shape index (κ3) is 3.68. The van der Waals surface area contributed by atoms with E-state index in [1.807, 2.05) is 24.4 Å². The monoisotopic (exact) mass is 339 g/mol. The molecule has 0 saturated heterocycles. The molecule has 0 aliphatic carbocycles. The van der Waals surface area contributed by atoms with Gasteiger partial charge in [0.2, 0.25) is 0 Å².